The molecule has 2 amide bonds. The van der Waals surface area contributed by atoms with Gasteiger partial charge < -0.3 is 20.1 Å². The van der Waals surface area contributed by atoms with Crippen molar-refractivity contribution >= 4 is 55.9 Å². The monoisotopic (exact) mass is 515 g/mol. The van der Waals surface area contributed by atoms with Gasteiger partial charge in [0.05, 0.1) is 6.26 Å². The van der Waals surface area contributed by atoms with E-state index in [0.29, 0.717) is 47.3 Å². The molecule has 1 saturated heterocycles. The molecular formula is C24H26ClN5O4S. The number of amidine groups is 1. The summed E-state index contributed by atoms with van der Waals surface area (Å²) in [6, 6.07) is 14.2. The second kappa shape index (κ2) is 9.71. The Morgan fingerprint density at radius 2 is 1.91 bits per heavy atom. The third kappa shape index (κ3) is 5.83. The maximum Gasteiger partial charge on any atom is 0.267 e. The van der Waals surface area contributed by atoms with Gasteiger partial charge in [-0.3, -0.25) is 9.59 Å². The van der Waals surface area contributed by atoms with Gasteiger partial charge in [0.25, 0.3) is 15.9 Å². The summed E-state index contributed by atoms with van der Waals surface area (Å²) >= 11 is 6.01. The molecule has 184 valence electrons. The van der Waals surface area contributed by atoms with Gasteiger partial charge in [-0.2, -0.15) is 0 Å². The number of H-pyrrole nitrogens is 1. The fraction of sp³-hybridized carbons (Fsp3) is 0.292. The molecule has 0 saturated carbocycles. The summed E-state index contributed by atoms with van der Waals surface area (Å²) in [5.74, 6) is 0.00422. The first-order chi connectivity index (χ1) is 16.5. The largest absolute Gasteiger partial charge is 0.362 e. The summed E-state index contributed by atoms with van der Waals surface area (Å²) in [6.45, 7) is 0.833. The van der Waals surface area contributed by atoms with Crippen molar-refractivity contribution in [3.63, 3.8) is 0 Å². The zero-order chi connectivity index (χ0) is 25.3. The van der Waals surface area contributed by atoms with Crippen LogP contribution in [-0.4, -0.2) is 69.4 Å². The van der Waals surface area contributed by atoms with Crippen LogP contribution in [0.5, 0.6) is 0 Å². The molecule has 0 bridgehead atoms. The third-order valence-corrected chi connectivity index (χ3v) is 6.44. The molecule has 3 aromatic rings. The number of nitrogens with zero attached hydrogens (tertiary/aromatic N) is 3. The number of benzene rings is 2. The lowest BCUT2D eigenvalue weighted by molar-refractivity contribution is -0.117. The highest BCUT2D eigenvalue weighted by Gasteiger charge is 2.31. The van der Waals surface area contributed by atoms with Gasteiger partial charge in [-0.1, -0.05) is 17.7 Å². The van der Waals surface area contributed by atoms with E-state index >= 15 is 0 Å². The highest BCUT2D eigenvalue weighted by Crippen LogP contribution is 2.26. The minimum Gasteiger partial charge on any atom is -0.362 e. The molecule has 1 aliphatic heterocycles. The number of anilines is 1. The Morgan fingerprint density at radius 3 is 2.57 bits per heavy atom. The number of fused-ring (bicyclic) bond motifs is 1. The lowest BCUT2D eigenvalue weighted by Gasteiger charge is -2.19. The van der Waals surface area contributed by atoms with E-state index < -0.39 is 10.0 Å². The number of halogens is 1. The topological polar surface area (TPSA) is 115 Å². The average Bonchev–Trinajstić information content (AvgIpc) is 3.38. The van der Waals surface area contributed by atoms with Crippen LogP contribution in [-0.2, 0) is 14.8 Å². The van der Waals surface area contributed by atoms with Gasteiger partial charge in [0.2, 0.25) is 5.91 Å². The van der Waals surface area contributed by atoms with Crippen molar-refractivity contribution in [1.82, 2.24) is 15.2 Å². The van der Waals surface area contributed by atoms with E-state index in [9.17, 15) is 18.0 Å². The summed E-state index contributed by atoms with van der Waals surface area (Å²) < 4.78 is 27.1. The molecule has 1 atom stereocenters. The Hall–Kier alpha value is -3.37. The molecule has 9 nitrogen and oxygen atoms in total. The number of hydrogen-bond acceptors (Lipinski definition) is 4. The molecule has 0 spiro atoms. The van der Waals surface area contributed by atoms with Gasteiger partial charge in [-0.15, -0.1) is 4.40 Å². The highest BCUT2D eigenvalue weighted by atomic mass is 35.5. The lowest BCUT2D eigenvalue weighted by atomic mass is 10.1. The minimum atomic E-state index is -3.56. The molecule has 0 radical (unpaired) electrons. The zero-order valence-electron chi connectivity index (χ0n) is 19.6. The Morgan fingerprint density at radius 1 is 1.20 bits per heavy atom. The number of amides is 2. The first kappa shape index (κ1) is 24.7. The van der Waals surface area contributed by atoms with Crippen molar-refractivity contribution < 1.29 is 18.0 Å². The number of aromatic nitrogens is 1. The molecule has 1 aliphatic rings. The van der Waals surface area contributed by atoms with Crippen LogP contribution < -0.4 is 10.2 Å². The number of sulfonamides is 1. The van der Waals surface area contributed by atoms with Crippen molar-refractivity contribution in [2.45, 2.75) is 6.42 Å². The normalized spacial score (nSPS) is 16.7. The second-order valence-corrected chi connectivity index (χ2v) is 10.9. The van der Waals surface area contributed by atoms with E-state index in [1.165, 1.54) is 0 Å². The fourth-order valence-corrected chi connectivity index (χ4v) is 4.82. The third-order valence-electron chi connectivity index (χ3n) is 5.70. The minimum absolute atomic E-state index is 0.0325. The molecular weight excluding hydrogens is 490 g/mol. The maximum atomic E-state index is 12.6. The molecule has 4 rings (SSSR count). The molecule has 2 heterocycles. The predicted molar refractivity (Wildman–Crippen MR) is 138 cm³/mol. The van der Waals surface area contributed by atoms with Crippen LogP contribution in [0.2, 0.25) is 5.02 Å². The van der Waals surface area contributed by atoms with Gasteiger partial charge in [-0.05, 0) is 42.5 Å². The van der Waals surface area contributed by atoms with Crippen molar-refractivity contribution in [3.05, 3.63) is 64.8 Å². The van der Waals surface area contributed by atoms with E-state index in [2.05, 4.69) is 14.7 Å². The van der Waals surface area contributed by atoms with E-state index in [0.717, 1.165) is 17.2 Å². The molecule has 35 heavy (non-hydrogen) atoms. The van der Waals surface area contributed by atoms with E-state index in [4.69, 9.17) is 11.6 Å². The number of hydrogen-bond donors (Lipinski definition) is 2. The number of rotatable bonds is 6. The van der Waals surface area contributed by atoms with Crippen molar-refractivity contribution in [2.24, 2.45) is 10.3 Å². The number of nitrogens with one attached hydrogen (secondary N) is 2. The van der Waals surface area contributed by atoms with Crippen LogP contribution in [0.4, 0.5) is 5.69 Å². The summed E-state index contributed by atoms with van der Waals surface area (Å²) in [7, 11) is -0.134. The van der Waals surface area contributed by atoms with Gasteiger partial charge in [-0.25, -0.2) is 8.42 Å². The number of carbonyl (C=O) groups is 2. The molecule has 1 fully saturated rings. The van der Waals surface area contributed by atoms with Crippen molar-refractivity contribution in [2.75, 3.05) is 38.3 Å². The van der Waals surface area contributed by atoms with Crippen LogP contribution in [0, 0.1) is 5.92 Å². The predicted octanol–water partition coefficient (Wildman–Crippen LogP) is 2.87. The van der Waals surface area contributed by atoms with Gasteiger partial charge in [0.15, 0.2) is 0 Å². The lowest BCUT2D eigenvalue weighted by Crippen LogP contribution is -2.31. The number of carbonyl (C=O) groups excluding carboxylic acids is 2. The Balaban J connectivity index is 1.40. The zero-order valence-corrected chi connectivity index (χ0v) is 21.2. The van der Waals surface area contributed by atoms with Crippen LogP contribution >= 0.6 is 11.6 Å². The first-order valence-electron chi connectivity index (χ1n) is 10.9. The Bertz CT molecular complexity index is 1410. The molecule has 11 heteroatoms. The molecule has 1 aromatic heterocycles. The summed E-state index contributed by atoms with van der Waals surface area (Å²) in [5, 5.41) is 4.39. The Labute approximate surface area is 208 Å². The second-order valence-electron chi connectivity index (χ2n) is 8.79. The van der Waals surface area contributed by atoms with Crippen LogP contribution in [0.25, 0.3) is 10.9 Å². The molecule has 0 aliphatic carbocycles. The van der Waals surface area contributed by atoms with Gasteiger partial charge in [0.1, 0.15) is 11.5 Å². The highest BCUT2D eigenvalue weighted by molar-refractivity contribution is 7.89. The standard InChI is InChI=1S/C24H26ClN5O4S/c1-29(2)23(28-35(3,33)34)16-5-8-19(9-6-16)30-14-15(10-22(30)31)13-26-24(32)21-11-17-4-7-18(25)12-20(17)27-21/h4-9,11-12,15,27H,10,13-14H2,1-3H3,(H,26,32)/b28-23-. The number of aromatic amines is 1. The van der Waals surface area contributed by atoms with E-state index in [1.54, 1.807) is 66.4 Å². The van der Waals surface area contributed by atoms with Crippen molar-refractivity contribution in [3.8, 4) is 0 Å². The average molecular weight is 516 g/mol. The quantitative estimate of drug-likeness (QED) is 0.387. The molecule has 2 N–H and O–H groups in total. The molecule has 1 unspecified atom stereocenters. The Kier molecular flexibility index (Phi) is 6.86. The van der Waals surface area contributed by atoms with Crippen molar-refractivity contribution in [1.29, 1.82) is 0 Å². The summed E-state index contributed by atoms with van der Waals surface area (Å²) in [6.07, 6.45) is 1.36. The first-order valence-corrected chi connectivity index (χ1v) is 13.2. The smallest absolute Gasteiger partial charge is 0.267 e. The van der Waals surface area contributed by atoms with Gasteiger partial charge in [0, 0.05) is 66.7 Å². The van der Waals surface area contributed by atoms with Crippen LogP contribution in [0.1, 0.15) is 22.5 Å². The van der Waals surface area contributed by atoms with E-state index in [1.807, 2.05) is 6.07 Å². The molecule has 2 aromatic carbocycles. The summed E-state index contributed by atoms with van der Waals surface area (Å²) in [5.41, 5.74) is 2.55. The fourth-order valence-electron chi connectivity index (χ4n) is 4.06. The van der Waals surface area contributed by atoms with Crippen LogP contribution in [0.15, 0.2) is 52.9 Å². The van der Waals surface area contributed by atoms with E-state index in [-0.39, 0.29) is 17.7 Å². The summed E-state index contributed by atoms with van der Waals surface area (Å²) in [4.78, 5) is 31.6. The maximum absolute atomic E-state index is 12.6. The van der Waals surface area contributed by atoms with Gasteiger partial charge >= 0.3 is 0 Å². The van der Waals surface area contributed by atoms with Crippen LogP contribution in [0.3, 0.4) is 0 Å². The SMILES string of the molecule is CN(C)/C(=N\S(C)(=O)=O)c1ccc(N2CC(CNC(=O)c3cc4ccc(Cl)cc4[nH]3)CC2=O)cc1.